The van der Waals surface area contributed by atoms with Gasteiger partial charge >= 0.3 is 0 Å². The van der Waals surface area contributed by atoms with Gasteiger partial charge in [0.1, 0.15) is 11.5 Å². The van der Waals surface area contributed by atoms with Gasteiger partial charge in [-0.3, -0.25) is 4.90 Å². The lowest BCUT2D eigenvalue weighted by molar-refractivity contribution is 0.202. The van der Waals surface area contributed by atoms with E-state index < -0.39 is 0 Å². The summed E-state index contributed by atoms with van der Waals surface area (Å²) in [5, 5.41) is 4.44. The van der Waals surface area contributed by atoms with Crippen LogP contribution in [-0.4, -0.2) is 47.7 Å². The van der Waals surface area contributed by atoms with Gasteiger partial charge in [-0.05, 0) is 50.5 Å². The lowest BCUT2D eigenvalue weighted by atomic mass is 9.98. The normalized spacial score (nSPS) is 20.1. The molecular weight excluding hydrogens is 358 g/mol. The molecule has 0 unspecified atom stereocenters. The summed E-state index contributed by atoms with van der Waals surface area (Å²) < 4.78 is 5.71. The highest BCUT2D eigenvalue weighted by Gasteiger charge is 2.26. The van der Waals surface area contributed by atoms with Crippen molar-refractivity contribution in [3.8, 4) is 22.4 Å². The number of rotatable bonds is 5. The maximum absolute atomic E-state index is 5.71. The van der Waals surface area contributed by atoms with E-state index in [-0.39, 0.29) is 0 Å². The Morgan fingerprint density at radius 2 is 1.72 bits per heavy atom. The van der Waals surface area contributed by atoms with Gasteiger partial charge in [0.05, 0.1) is 0 Å². The van der Waals surface area contributed by atoms with E-state index in [1.54, 1.807) is 0 Å². The molecular formula is C25H29N3O. The van der Waals surface area contributed by atoms with Crippen LogP contribution in [0.3, 0.4) is 0 Å². The fourth-order valence-corrected chi connectivity index (χ4v) is 4.81. The number of hydrogen-bond donors (Lipinski definition) is 0. The Morgan fingerprint density at radius 1 is 0.966 bits per heavy atom. The number of likely N-dealkylation sites (tertiary alicyclic amines) is 1. The molecule has 1 aromatic heterocycles. The average molecular weight is 388 g/mol. The monoisotopic (exact) mass is 387 g/mol. The van der Waals surface area contributed by atoms with Gasteiger partial charge in [-0.1, -0.05) is 59.8 Å². The molecule has 2 aliphatic rings. The second-order valence-electron chi connectivity index (χ2n) is 8.47. The fourth-order valence-electron chi connectivity index (χ4n) is 4.81. The van der Waals surface area contributed by atoms with Gasteiger partial charge in [-0.15, -0.1) is 0 Å². The van der Waals surface area contributed by atoms with Crippen LogP contribution in [0.4, 0.5) is 0 Å². The van der Waals surface area contributed by atoms with Gasteiger partial charge in [-0.25, -0.2) is 0 Å². The van der Waals surface area contributed by atoms with Crippen molar-refractivity contribution >= 4 is 0 Å². The van der Waals surface area contributed by atoms with Crippen molar-refractivity contribution in [2.75, 3.05) is 26.7 Å². The lowest BCUT2D eigenvalue weighted by Gasteiger charge is -2.28. The van der Waals surface area contributed by atoms with Crippen LogP contribution in [0, 0.1) is 0 Å². The molecule has 2 aromatic carbocycles. The number of nitrogens with zero attached hydrogens (tertiary/aromatic N) is 3. The molecule has 0 radical (unpaired) electrons. The summed E-state index contributed by atoms with van der Waals surface area (Å²) in [6.07, 6.45) is 4.92. The van der Waals surface area contributed by atoms with E-state index >= 15 is 0 Å². The van der Waals surface area contributed by atoms with E-state index in [4.69, 9.17) is 4.52 Å². The third kappa shape index (κ3) is 3.87. The topological polar surface area (TPSA) is 32.5 Å². The molecule has 5 rings (SSSR count). The summed E-state index contributed by atoms with van der Waals surface area (Å²) in [4.78, 5) is 5.10. The molecule has 1 atom stereocenters. The summed E-state index contributed by atoms with van der Waals surface area (Å²) in [5.41, 5.74) is 5.91. The third-order valence-electron chi connectivity index (χ3n) is 6.62. The predicted octanol–water partition coefficient (Wildman–Crippen LogP) is 4.85. The predicted molar refractivity (Wildman–Crippen MR) is 117 cm³/mol. The van der Waals surface area contributed by atoms with Crippen molar-refractivity contribution in [3.63, 3.8) is 0 Å². The fraction of sp³-hybridized carbons (Fsp3) is 0.400. The minimum atomic E-state index is 0.754. The average Bonchev–Trinajstić information content (AvgIpc) is 3.38. The Labute approximate surface area is 173 Å². The van der Waals surface area contributed by atoms with Crippen molar-refractivity contribution in [2.24, 2.45) is 0 Å². The third-order valence-corrected chi connectivity index (χ3v) is 6.62. The van der Waals surface area contributed by atoms with E-state index in [0.29, 0.717) is 0 Å². The van der Waals surface area contributed by atoms with Gasteiger partial charge in [0.2, 0.25) is 0 Å². The van der Waals surface area contributed by atoms with Gasteiger partial charge < -0.3 is 9.42 Å². The molecule has 1 fully saturated rings. The molecule has 29 heavy (non-hydrogen) atoms. The minimum absolute atomic E-state index is 0.754. The first kappa shape index (κ1) is 18.6. The summed E-state index contributed by atoms with van der Waals surface area (Å²) in [6, 6.07) is 20.0. The number of benzene rings is 2. The summed E-state index contributed by atoms with van der Waals surface area (Å²) >= 11 is 0. The van der Waals surface area contributed by atoms with Crippen molar-refractivity contribution in [2.45, 2.75) is 38.3 Å². The Bertz CT molecular complexity index is 948. The van der Waals surface area contributed by atoms with E-state index in [2.05, 4.69) is 76.6 Å². The van der Waals surface area contributed by atoms with Crippen LogP contribution in [-0.2, 0) is 13.0 Å². The quantitative estimate of drug-likeness (QED) is 0.626. The molecule has 0 spiro atoms. The van der Waals surface area contributed by atoms with E-state index in [0.717, 1.165) is 49.1 Å². The highest BCUT2D eigenvalue weighted by Crippen LogP contribution is 2.32. The van der Waals surface area contributed by atoms with Gasteiger partial charge in [0.25, 0.3) is 0 Å². The van der Waals surface area contributed by atoms with Crippen LogP contribution in [0.25, 0.3) is 22.4 Å². The highest BCUT2D eigenvalue weighted by molar-refractivity contribution is 5.70. The second kappa shape index (κ2) is 8.13. The molecule has 1 saturated heterocycles. The maximum atomic E-state index is 5.71. The molecule has 0 aliphatic carbocycles. The molecule has 0 amide bonds. The standard InChI is InChI=1S/C25H29N3O/c1-27-15-5-8-22(27)13-16-28-17-14-24-23(18-28)25(26-29-24)21-11-9-20(10-12-21)19-6-3-2-4-7-19/h2-4,6-7,9-12,22H,5,8,13-18H2,1H3/t22-/m0/s1. The Kier molecular flexibility index (Phi) is 5.21. The zero-order chi connectivity index (χ0) is 19.6. The SMILES string of the molecule is CN1CCC[C@H]1CCN1CCc2onc(-c3ccc(-c4ccccc4)cc3)c2C1. The molecule has 3 heterocycles. The van der Waals surface area contributed by atoms with E-state index in [9.17, 15) is 0 Å². The summed E-state index contributed by atoms with van der Waals surface area (Å²) in [7, 11) is 2.27. The van der Waals surface area contributed by atoms with Crippen LogP contribution in [0.5, 0.6) is 0 Å². The molecule has 3 aromatic rings. The van der Waals surface area contributed by atoms with Crippen molar-refractivity contribution in [3.05, 3.63) is 65.9 Å². The molecule has 2 aliphatic heterocycles. The van der Waals surface area contributed by atoms with E-state index in [1.807, 2.05) is 0 Å². The zero-order valence-corrected chi connectivity index (χ0v) is 17.2. The smallest absolute Gasteiger partial charge is 0.143 e. The highest BCUT2D eigenvalue weighted by atomic mass is 16.5. The first-order valence-electron chi connectivity index (χ1n) is 10.8. The first-order chi connectivity index (χ1) is 14.3. The van der Waals surface area contributed by atoms with Gasteiger partial charge in [0.15, 0.2) is 0 Å². The van der Waals surface area contributed by atoms with Crippen LogP contribution < -0.4 is 0 Å². The van der Waals surface area contributed by atoms with Crippen LogP contribution in [0.1, 0.15) is 30.6 Å². The summed E-state index contributed by atoms with van der Waals surface area (Å²) in [5.74, 6) is 1.07. The molecule has 150 valence electrons. The van der Waals surface area contributed by atoms with Crippen LogP contribution in [0.15, 0.2) is 59.1 Å². The lowest BCUT2D eigenvalue weighted by Crippen LogP contribution is -2.35. The molecule has 0 saturated carbocycles. The molecule has 4 nitrogen and oxygen atoms in total. The van der Waals surface area contributed by atoms with Gasteiger partial charge in [-0.2, -0.15) is 0 Å². The van der Waals surface area contributed by atoms with Crippen LogP contribution in [0.2, 0.25) is 0 Å². The Hall–Kier alpha value is -2.43. The summed E-state index contributed by atoms with van der Waals surface area (Å²) in [6.45, 7) is 4.44. The number of aromatic nitrogens is 1. The number of fused-ring (bicyclic) bond motifs is 1. The van der Waals surface area contributed by atoms with Crippen molar-refractivity contribution in [1.29, 1.82) is 0 Å². The van der Waals surface area contributed by atoms with E-state index in [1.165, 1.54) is 42.5 Å². The molecule has 4 heteroatoms. The second-order valence-corrected chi connectivity index (χ2v) is 8.47. The van der Waals surface area contributed by atoms with Gasteiger partial charge in [0, 0.05) is 36.7 Å². The zero-order valence-electron chi connectivity index (χ0n) is 17.2. The first-order valence-corrected chi connectivity index (χ1v) is 10.8. The molecule has 0 bridgehead atoms. The maximum Gasteiger partial charge on any atom is 0.143 e. The van der Waals surface area contributed by atoms with Crippen LogP contribution >= 0.6 is 0 Å². The minimum Gasteiger partial charge on any atom is -0.360 e. The van der Waals surface area contributed by atoms with Crippen molar-refractivity contribution < 1.29 is 4.52 Å². The van der Waals surface area contributed by atoms with Crippen molar-refractivity contribution in [1.82, 2.24) is 15.0 Å². The molecule has 0 N–H and O–H groups in total. The Balaban J connectivity index is 1.30. The number of hydrogen-bond acceptors (Lipinski definition) is 4. The largest absolute Gasteiger partial charge is 0.360 e. The Morgan fingerprint density at radius 3 is 2.48 bits per heavy atom.